The minimum atomic E-state index is -2.51. The molecule has 3 N–H and O–H groups in total. The Balaban J connectivity index is 2.63. The Kier molecular flexibility index (Phi) is 6.07. The second kappa shape index (κ2) is 7.33. The number of halogens is 2. The molecule has 0 fully saturated rings. The summed E-state index contributed by atoms with van der Waals surface area (Å²) in [6.07, 6.45) is 0.849. The van der Waals surface area contributed by atoms with Gasteiger partial charge in [0.1, 0.15) is 0 Å². The zero-order valence-electron chi connectivity index (χ0n) is 10.0. The third-order valence-electron chi connectivity index (χ3n) is 2.20. The SMILES string of the molecule is CC(N)CCC(=O)Nc1ccccc1SC(F)F. The number of benzene rings is 1. The summed E-state index contributed by atoms with van der Waals surface area (Å²) in [5, 5.41) is 2.62. The molecule has 0 aromatic heterocycles. The van der Waals surface area contributed by atoms with E-state index in [2.05, 4.69) is 5.32 Å². The van der Waals surface area contributed by atoms with Crippen molar-refractivity contribution in [3.63, 3.8) is 0 Å². The van der Waals surface area contributed by atoms with Crippen LogP contribution in [0.5, 0.6) is 0 Å². The lowest BCUT2D eigenvalue weighted by molar-refractivity contribution is -0.116. The van der Waals surface area contributed by atoms with E-state index in [1.807, 2.05) is 6.92 Å². The molecule has 100 valence electrons. The van der Waals surface area contributed by atoms with Crippen molar-refractivity contribution < 1.29 is 13.6 Å². The highest BCUT2D eigenvalue weighted by atomic mass is 32.2. The smallest absolute Gasteiger partial charge is 0.288 e. The van der Waals surface area contributed by atoms with E-state index in [4.69, 9.17) is 5.73 Å². The van der Waals surface area contributed by atoms with E-state index >= 15 is 0 Å². The number of para-hydroxylation sites is 1. The normalized spacial score (nSPS) is 12.5. The molecular weight excluding hydrogens is 258 g/mol. The summed E-state index contributed by atoms with van der Waals surface area (Å²) in [5.74, 6) is -2.72. The molecule has 3 nitrogen and oxygen atoms in total. The van der Waals surface area contributed by atoms with Crippen LogP contribution >= 0.6 is 11.8 Å². The summed E-state index contributed by atoms with van der Waals surface area (Å²) in [6, 6.07) is 6.45. The van der Waals surface area contributed by atoms with Crippen molar-refractivity contribution in [1.29, 1.82) is 0 Å². The average molecular weight is 274 g/mol. The number of anilines is 1. The van der Waals surface area contributed by atoms with Crippen LogP contribution in [0.1, 0.15) is 19.8 Å². The van der Waals surface area contributed by atoms with Gasteiger partial charge in [-0.15, -0.1) is 0 Å². The zero-order valence-corrected chi connectivity index (χ0v) is 10.8. The molecule has 18 heavy (non-hydrogen) atoms. The molecule has 6 heteroatoms. The van der Waals surface area contributed by atoms with Gasteiger partial charge in [-0.25, -0.2) is 0 Å². The van der Waals surface area contributed by atoms with Gasteiger partial charge in [0.15, 0.2) is 0 Å². The number of amides is 1. The maximum absolute atomic E-state index is 12.3. The van der Waals surface area contributed by atoms with Crippen molar-refractivity contribution in [2.75, 3.05) is 5.32 Å². The van der Waals surface area contributed by atoms with E-state index in [-0.39, 0.29) is 18.4 Å². The van der Waals surface area contributed by atoms with Crippen LogP contribution in [0.3, 0.4) is 0 Å². The lowest BCUT2D eigenvalue weighted by atomic mass is 10.2. The minimum absolute atomic E-state index is 0.0542. The Hall–Kier alpha value is -1.14. The molecule has 0 spiro atoms. The van der Waals surface area contributed by atoms with Crippen LogP contribution in [0.4, 0.5) is 14.5 Å². The van der Waals surface area contributed by atoms with Crippen molar-refractivity contribution >= 4 is 23.4 Å². The first-order valence-electron chi connectivity index (χ1n) is 5.58. The highest BCUT2D eigenvalue weighted by molar-refractivity contribution is 7.99. The molecule has 1 aromatic carbocycles. The number of alkyl halides is 2. The molecule has 0 aliphatic carbocycles. The Bertz CT molecular complexity index is 399. The molecule has 0 heterocycles. The third kappa shape index (κ3) is 5.46. The van der Waals surface area contributed by atoms with E-state index < -0.39 is 5.76 Å². The number of hydrogen-bond acceptors (Lipinski definition) is 3. The van der Waals surface area contributed by atoms with E-state index in [0.717, 1.165) is 0 Å². The molecule has 0 radical (unpaired) electrons. The summed E-state index contributed by atoms with van der Waals surface area (Å²) in [4.78, 5) is 12.0. The molecule has 1 amide bonds. The number of carbonyl (C=O) groups excluding carboxylic acids is 1. The van der Waals surface area contributed by atoms with Gasteiger partial charge in [0.25, 0.3) is 5.76 Å². The van der Waals surface area contributed by atoms with Gasteiger partial charge in [0.2, 0.25) is 5.91 Å². The van der Waals surface area contributed by atoms with Crippen molar-refractivity contribution in [1.82, 2.24) is 0 Å². The van der Waals surface area contributed by atoms with Crippen molar-refractivity contribution in [2.24, 2.45) is 5.73 Å². The monoisotopic (exact) mass is 274 g/mol. The number of rotatable bonds is 6. The molecule has 1 aromatic rings. The van der Waals surface area contributed by atoms with E-state index in [1.165, 1.54) is 0 Å². The minimum Gasteiger partial charge on any atom is -0.328 e. The summed E-state index contributed by atoms with van der Waals surface area (Å²) in [7, 11) is 0. The van der Waals surface area contributed by atoms with Gasteiger partial charge in [0, 0.05) is 17.4 Å². The first-order valence-corrected chi connectivity index (χ1v) is 6.46. The van der Waals surface area contributed by atoms with Crippen LogP contribution in [0, 0.1) is 0 Å². The number of carbonyl (C=O) groups is 1. The predicted molar refractivity (Wildman–Crippen MR) is 69.8 cm³/mol. The van der Waals surface area contributed by atoms with E-state index in [1.54, 1.807) is 24.3 Å². The van der Waals surface area contributed by atoms with Gasteiger partial charge in [-0.2, -0.15) is 8.78 Å². The molecular formula is C12H16F2N2OS. The maximum Gasteiger partial charge on any atom is 0.288 e. The number of nitrogens with one attached hydrogen (secondary N) is 1. The van der Waals surface area contributed by atoms with Crippen LogP contribution < -0.4 is 11.1 Å². The highest BCUT2D eigenvalue weighted by Crippen LogP contribution is 2.31. The number of hydrogen-bond donors (Lipinski definition) is 2. The Morgan fingerprint density at radius 2 is 2.11 bits per heavy atom. The fourth-order valence-electron chi connectivity index (χ4n) is 1.34. The third-order valence-corrected chi connectivity index (χ3v) is 2.99. The fraction of sp³-hybridized carbons (Fsp3) is 0.417. The molecule has 1 rings (SSSR count). The van der Waals surface area contributed by atoms with Gasteiger partial charge < -0.3 is 11.1 Å². The lowest BCUT2D eigenvalue weighted by Crippen LogP contribution is -2.19. The van der Waals surface area contributed by atoms with Gasteiger partial charge in [0.05, 0.1) is 5.69 Å². The summed E-state index contributed by atoms with van der Waals surface area (Å²) in [6.45, 7) is 1.81. The number of nitrogens with two attached hydrogens (primary N) is 1. The average Bonchev–Trinajstić information content (AvgIpc) is 2.28. The van der Waals surface area contributed by atoms with Gasteiger partial charge in [-0.05, 0) is 25.5 Å². The highest BCUT2D eigenvalue weighted by Gasteiger charge is 2.11. The molecule has 0 aliphatic heterocycles. The molecule has 1 atom stereocenters. The largest absolute Gasteiger partial charge is 0.328 e. The molecule has 0 bridgehead atoms. The Labute approximate surface area is 109 Å². The number of thioether (sulfide) groups is 1. The second-order valence-corrected chi connectivity index (χ2v) is 4.97. The van der Waals surface area contributed by atoms with Crippen LogP contribution in [0.2, 0.25) is 0 Å². The van der Waals surface area contributed by atoms with Crippen LogP contribution in [-0.4, -0.2) is 17.7 Å². The van der Waals surface area contributed by atoms with Crippen LogP contribution in [0.25, 0.3) is 0 Å². The van der Waals surface area contributed by atoms with Crippen LogP contribution in [0.15, 0.2) is 29.2 Å². The lowest BCUT2D eigenvalue weighted by Gasteiger charge is -2.10. The second-order valence-electron chi connectivity index (χ2n) is 3.94. The Morgan fingerprint density at radius 1 is 1.44 bits per heavy atom. The molecule has 0 aliphatic rings. The van der Waals surface area contributed by atoms with Crippen molar-refractivity contribution in [3.8, 4) is 0 Å². The van der Waals surface area contributed by atoms with Gasteiger partial charge in [-0.3, -0.25) is 4.79 Å². The molecule has 0 saturated heterocycles. The van der Waals surface area contributed by atoms with Crippen LogP contribution in [-0.2, 0) is 4.79 Å². The molecule has 1 unspecified atom stereocenters. The standard InChI is InChI=1S/C12H16F2N2OS/c1-8(15)6-7-11(17)16-9-4-2-3-5-10(9)18-12(13)14/h2-5,8,12H,6-7,15H2,1H3,(H,16,17). The van der Waals surface area contributed by atoms with E-state index in [9.17, 15) is 13.6 Å². The summed E-state index contributed by atoms with van der Waals surface area (Å²) < 4.78 is 24.7. The Morgan fingerprint density at radius 3 is 2.72 bits per heavy atom. The van der Waals surface area contributed by atoms with Gasteiger partial charge >= 0.3 is 0 Å². The topological polar surface area (TPSA) is 55.1 Å². The first-order chi connectivity index (χ1) is 8.49. The zero-order chi connectivity index (χ0) is 13.5. The van der Waals surface area contributed by atoms with E-state index in [0.29, 0.717) is 28.8 Å². The fourth-order valence-corrected chi connectivity index (χ4v) is 1.94. The van der Waals surface area contributed by atoms with Crippen molar-refractivity contribution in [3.05, 3.63) is 24.3 Å². The summed E-state index contributed by atoms with van der Waals surface area (Å²) in [5.41, 5.74) is 5.96. The first kappa shape index (κ1) is 14.9. The van der Waals surface area contributed by atoms with Gasteiger partial charge in [-0.1, -0.05) is 23.9 Å². The molecule has 0 saturated carbocycles. The quantitative estimate of drug-likeness (QED) is 0.784. The van der Waals surface area contributed by atoms with Crippen molar-refractivity contribution in [2.45, 2.75) is 36.5 Å². The maximum atomic E-state index is 12.3. The predicted octanol–water partition coefficient (Wildman–Crippen LogP) is 3.07. The summed E-state index contributed by atoms with van der Waals surface area (Å²) >= 11 is 0.419.